The van der Waals surface area contributed by atoms with Crippen LogP contribution >= 0.6 is 0 Å². The molecule has 1 heterocycles. The fraction of sp³-hybridized carbons (Fsp3) is 0.160. The second-order valence-corrected chi connectivity index (χ2v) is 9.42. The van der Waals surface area contributed by atoms with Gasteiger partial charge in [0.25, 0.3) is 15.9 Å². The van der Waals surface area contributed by atoms with E-state index in [2.05, 4.69) is 5.32 Å². The van der Waals surface area contributed by atoms with Gasteiger partial charge in [-0.3, -0.25) is 9.10 Å². The van der Waals surface area contributed by atoms with Crippen molar-refractivity contribution in [2.45, 2.75) is 6.92 Å². The number of anilines is 2. The molecule has 0 bridgehead atoms. The number of carbonyl (C=O) groups excluding carboxylic acids is 1. The average molecular weight is 481 g/mol. The van der Waals surface area contributed by atoms with E-state index in [0.717, 1.165) is 4.31 Å². The van der Waals surface area contributed by atoms with Crippen molar-refractivity contribution in [1.29, 1.82) is 0 Å². The maximum Gasteiger partial charge on any atom is 0.269 e. The lowest BCUT2D eigenvalue weighted by Crippen LogP contribution is -2.36. The van der Waals surface area contributed by atoms with E-state index in [-0.39, 0.29) is 4.91 Å². The summed E-state index contributed by atoms with van der Waals surface area (Å²) < 4.78 is 44.3. The predicted molar refractivity (Wildman–Crippen MR) is 131 cm³/mol. The first-order valence-electron chi connectivity index (χ1n) is 10.4. The van der Waals surface area contributed by atoms with Gasteiger partial charge in [0, 0.05) is 18.7 Å². The molecular formula is C25H24N2O6S. The minimum Gasteiger partial charge on any atom is -0.493 e. The van der Waals surface area contributed by atoms with Crippen LogP contribution in [0, 0.1) is 0 Å². The van der Waals surface area contributed by atoms with Crippen LogP contribution in [0.15, 0.2) is 71.6 Å². The number of nitrogens with one attached hydrogen (secondary N) is 1. The molecule has 8 nitrogen and oxygen atoms in total. The number of nitrogens with zero attached hydrogens (tertiary/aromatic N) is 1. The van der Waals surface area contributed by atoms with Crippen molar-refractivity contribution >= 4 is 32.9 Å². The smallest absolute Gasteiger partial charge is 0.269 e. The van der Waals surface area contributed by atoms with Crippen LogP contribution in [0.4, 0.5) is 11.4 Å². The summed E-state index contributed by atoms with van der Waals surface area (Å²) in [5.41, 5.74) is 1.58. The molecule has 0 saturated heterocycles. The predicted octanol–water partition coefficient (Wildman–Crippen LogP) is 4.65. The lowest BCUT2D eigenvalue weighted by molar-refractivity contribution is -0.112. The maximum atomic E-state index is 13.4. The molecule has 0 atom stereocenters. The number of sulfonamides is 1. The fourth-order valence-corrected chi connectivity index (χ4v) is 5.22. The highest BCUT2D eigenvalue weighted by Gasteiger charge is 2.38. The fourth-order valence-electron chi connectivity index (χ4n) is 3.75. The highest BCUT2D eigenvalue weighted by atomic mass is 32.2. The first-order chi connectivity index (χ1) is 16.3. The molecular weight excluding hydrogens is 456 g/mol. The van der Waals surface area contributed by atoms with Crippen molar-refractivity contribution in [3.63, 3.8) is 0 Å². The van der Waals surface area contributed by atoms with Crippen LogP contribution in [0.3, 0.4) is 0 Å². The van der Waals surface area contributed by atoms with Gasteiger partial charge < -0.3 is 19.5 Å². The zero-order valence-electron chi connectivity index (χ0n) is 19.2. The Bertz CT molecular complexity index is 1380. The first-order valence-corrected chi connectivity index (χ1v) is 11.8. The number of ether oxygens (including phenoxy) is 3. The Labute approximate surface area is 198 Å². The molecule has 0 fully saturated rings. The zero-order chi connectivity index (χ0) is 24.5. The van der Waals surface area contributed by atoms with Gasteiger partial charge in [0.05, 0.1) is 25.6 Å². The molecule has 0 radical (unpaired) electrons. The summed E-state index contributed by atoms with van der Waals surface area (Å²) in [5, 5.41) is 2.71. The molecule has 0 saturated carbocycles. The van der Waals surface area contributed by atoms with Crippen LogP contribution in [0.25, 0.3) is 5.57 Å². The molecule has 176 valence electrons. The molecule has 1 aliphatic heterocycles. The Morgan fingerprint density at radius 3 is 2.18 bits per heavy atom. The number of allylic oxidation sites excluding steroid dienone is 1. The molecule has 1 aliphatic rings. The zero-order valence-corrected chi connectivity index (χ0v) is 20.0. The summed E-state index contributed by atoms with van der Waals surface area (Å²) in [4.78, 5) is 13.0. The summed E-state index contributed by atoms with van der Waals surface area (Å²) in [6.07, 6.45) is 0. The number of fused-ring (bicyclic) bond motifs is 1. The highest BCUT2D eigenvalue weighted by molar-refractivity contribution is 7.97. The van der Waals surface area contributed by atoms with Crippen molar-refractivity contribution in [2.24, 2.45) is 0 Å². The van der Waals surface area contributed by atoms with E-state index in [1.807, 2.05) is 18.2 Å². The Balaban J connectivity index is 1.75. The standard InChI is InChI=1S/C25H24N2O6S/c1-16-18-14-22(31-3)23(32-4)15-20(18)27(2)34(29,30)24(16)25(28)26-19-12-8-9-13-21(19)33-17-10-6-5-7-11-17/h5-15H,1-4H3,(H,26,28). The van der Waals surface area contributed by atoms with Crippen LogP contribution in [0.1, 0.15) is 12.5 Å². The second kappa shape index (κ2) is 9.11. The molecule has 0 aliphatic carbocycles. The minimum atomic E-state index is -4.14. The summed E-state index contributed by atoms with van der Waals surface area (Å²) in [6, 6.07) is 19.2. The van der Waals surface area contributed by atoms with Gasteiger partial charge in [-0.2, -0.15) is 0 Å². The largest absolute Gasteiger partial charge is 0.493 e. The topological polar surface area (TPSA) is 94.2 Å². The normalized spacial score (nSPS) is 14.3. The lowest BCUT2D eigenvalue weighted by Gasteiger charge is -2.30. The number of amides is 1. The number of rotatable bonds is 6. The van der Waals surface area contributed by atoms with Gasteiger partial charge in [-0.1, -0.05) is 30.3 Å². The summed E-state index contributed by atoms with van der Waals surface area (Å²) in [6.45, 7) is 1.59. The average Bonchev–Trinajstić information content (AvgIpc) is 2.83. The SMILES string of the molecule is COc1cc2c(cc1OC)N(C)S(=O)(=O)C(C(=O)Nc1ccccc1Oc1ccccc1)=C2C. The first kappa shape index (κ1) is 23.2. The number of carbonyl (C=O) groups is 1. The monoisotopic (exact) mass is 480 g/mol. The van der Waals surface area contributed by atoms with E-state index in [4.69, 9.17) is 14.2 Å². The summed E-state index contributed by atoms with van der Waals surface area (Å²) in [7, 11) is 0.219. The van der Waals surface area contributed by atoms with Crippen LogP contribution < -0.4 is 23.8 Å². The maximum absolute atomic E-state index is 13.4. The highest BCUT2D eigenvalue weighted by Crippen LogP contribution is 2.44. The van der Waals surface area contributed by atoms with E-state index in [1.165, 1.54) is 21.3 Å². The third kappa shape index (κ3) is 4.06. The van der Waals surface area contributed by atoms with Crippen LogP contribution in [-0.2, 0) is 14.8 Å². The quantitative estimate of drug-likeness (QED) is 0.552. The second-order valence-electron chi connectivity index (χ2n) is 7.52. The Morgan fingerprint density at radius 1 is 0.882 bits per heavy atom. The molecule has 3 aromatic carbocycles. The number of benzene rings is 3. The van der Waals surface area contributed by atoms with Gasteiger partial charge >= 0.3 is 0 Å². The van der Waals surface area contributed by atoms with E-state index in [9.17, 15) is 13.2 Å². The summed E-state index contributed by atoms with van der Waals surface area (Å²) in [5.74, 6) is 1.01. The Kier molecular flexibility index (Phi) is 6.21. The number of hydrogen-bond acceptors (Lipinski definition) is 6. The molecule has 0 aromatic heterocycles. The minimum absolute atomic E-state index is 0.299. The number of hydrogen-bond donors (Lipinski definition) is 1. The van der Waals surface area contributed by atoms with Gasteiger partial charge in [-0.15, -0.1) is 0 Å². The van der Waals surface area contributed by atoms with E-state index in [1.54, 1.807) is 55.5 Å². The molecule has 4 rings (SSSR count). The Hall–Kier alpha value is -3.98. The van der Waals surface area contributed by atoms with Crippen LogP contribution in [0.2, 0.25) is 0 Å². The van der Waals surface area contributed by atoms with Crippen molar-refractivity contribution in [2.75, 3.05) is 30.9 Å². The van der Waals surface area contributed by atoms with Crippen molar-refractivity contribution < 1.29 is 27.4 Å². The molecule has 34 heavy (non-hydrogen) atoms. The van der Waals surface area contributed by atoms with Crippen LogP contribution in [-0.4, -0.2) is 35.6 Å². The van der Waals surface area contributed by atoms with Gasteiger partial charge in [-0.05, 0) is 42.8 Å². The Morgan fingerprint density at radius 2 is 1.50 bits per heavy atom. The van der Waals surface area contributed by atoms with Gasteiger partial charge in [-0.25, -0.2) is 8.42 Å². The van der Waals surface area contributed by atoms with E-state index < -0.39 is 15.9 Å². The van der Waals surface area contributed by atoms with Crippen molar-refractivity contribution in [3.05, 3.63) is 77.2 Å². The molecule has 1 N–H and O–H groups in total. The van der Waals surface area contributed by atoms with E-state index >= 15 is 0 Å². The van der Waals surface area contributed by atoms with E-state index in [0.29, 0.717) is 45.5 Å². The van der Waals surface area contributed by atoms with Gasteiger partial charge in [0.2, 0.25) is 0 Å². The van der Waals surface area contributed by atoms with Crippen molar-refractivity contribution in [3.8, 4) is 23.0 Å². The molecule has 0 spiro atoms. The van der Waals surface area contributed by atoms with Crippen LogP contribution in [0.5, 0.6) is 23.0 Å². The van der Waals surface area contributed by atoms with Gasteiger partial charge in [0.1, 0.15) is 5.75 Å². The molecule has 1 amide bonds. The molecule has 9 heteroatoms. The third-order valence-corrected chi connectivity index (χ3v) is 7.44. The summed E-state index contributed by atoms with van der Waals surface area (Å²) >= 11 is 0. The van der Waals surface area contributed by atoms with Gasteiger partial charge in [0.15, 0.2) is 22.2 Å². The lowest BCUT2D eigenvalue weighted by atomic mass is 10.0. The molecule has 3 aromatic rings. The third-order valence-electron chi connectivity index (χ3n) is 5.52. The number of methoxy groups -OCH3 is 2. The van der Waals surface area contributed by atoms with Crippen molar-refractivity contribution in [1.82, 2.24) is 0 Å². The number of para-hydroxylation sites is 3. The molecule has 0 unspecified atom stereocenters.